The average Bonchev–Trinajstić information content (AvgIpc) is 3.12. The zero-order chi connectivity index (χ0) is 18.1. The lowest BCUT2D eigenvalue weighted by Gasteiger charge is -2.17. The number of nitrogens with zero attached hydrogens (tertiary/aromatic N) is 1. The fourth-order valence-corrected chi connectivity index (χ4v) is 2.92. The zero-order valence-corrected chi connectivity index (χ0v) is 18.2. The highest BCUT2D eigenvalue weighted by Crippen LogP contribution is 2.33. The van der Waals surface area contributed by atoms with E-state index in [0.29, 0.717) is 12.6 Å². The molecule has 26 heavy (non-hydrogen) atoms. The molecule has 0 spiro atoms. The van der Waals surface area contributed by atoms with Crippen LogP contribution in [0.2, 0.25) is 0 Å². The SMILES string of the molecule is C=CCc1cc(CN=C(NCC)NC2CC=CC2)cc(OC)c1OC.I. The van der Waals surface area contributed by atoms with E-state index in [1.54, 1.807) is 14.2 Å². The third-order valence-electron chi connectivity index (χ3n) is 4.09. The minimum atomic E-state index is 0. The first-order valence-corrected chi connectivity index (χ1v) is 8.76. The summed E-state index contributed by atoms with van der Waals surface area (Å²) >= 11 is 0. The maximum atomic E-state index is 5.49. The maximum absolute atomic E-state index is 5.49. The smallest absolute Gasteiger partial charge is 0.191 e. The van der Waals surface area contributed by atoms with Gasteiger partial charge in [-0.05, 0) is 43.9 Å². The van der Waals surface area contributed by atoms with Gasteiger partial charge in [-0.25, -0.2) is 4.99 Å². The van der Waals surface area contributed by atoms with Crippen LogP contribution in [-0.2, 0) is 13.0 Å². The Labute approximate surface area is 174 Å². The van der Waals surface area contributed by atoms with E-state index in [9.17, 15) is 0 Å². The van der Waals surface area contributed by atoms with Crippen molar-refractivity contribution >= 4 is 29.9 Å². The molecule has 0 saturated heterocycles. The van der Waals surface area contributed by atoms with Crippen molar-refractivity contribution in [2.45, 2.75) is 38.8 Å². The largest absolute Gasteiger partial charge is 0.493 e. The van der Waals surface area contributed by atoms with E-state index in [0.717, 1.165) is 54.4 Å². The molecule has 0 unspecified atom stereocenters. The van der Waals surface area contributed by atoms with E-state index in [1.165, 1.54) is 0 Å². The first kappa shape index (κ1) is 22.3. The summed E-state index contributed by atoms with van der Waals surface area (Å²) in [6.45, 7) is 7.30. The van der Waals surface area contributed by atoms with Gasteiger partial charge in [0.1, 0.15) is 0 Å². The first-order valence-electron chi connectivity index (χ1n) is 8.76. The molecule has 0 saturated carbocycles. The van der Waals surface area contributed by atoms with Crippen molar-refractivity contribution in [1.29, 1.82) is 0 Å². The Balaban J connectivity index is 0.00000338. The molecule has 0 aromatic heterocycles. The number of methoxy groups -OCH3 is 2. The summed E-state index contributed by atoms with van der Waals surface area (Å²) in [6, 6.07) is 4.52. The van der Waals surface area contributed by atoms with Crippen molar-refractivity contribution in [2.24, 2.45) is 4.99 Å². The standard InChI is InChI=1S/C20H29N3O2.HI/c1-5-9-16-12-15(13-18(24-3)19(16)25-4)14-22-20(21-6-2)23-17-10-7-8-11-17;/h5,7-8,12-13,17H,1,6,9-11,14H2,2-4H3,(H2,21,22,23);1H. The summed E-state index contributed by atoms with van der Waals surface area (Å²) in [7, 11) is 3.31. The number of allylic oxidation sites excluding steroid dienone is 1. The topological polar surface area (TPSA) is 54.9 Å². The summed E-state index contributed by atoms with van der Waals surface area (Å²) in [4.78, 5) is 4.72. The van der Waals surface area contributed by atoms with Gasteiger partial charge in [-0.1, -0.05) is 18.2 Å². The lowest BCUT2D eigenvalue weighted by Crippen LogP contribution is -2.42. The molecule has 0 aliphatic heterocycles. The monoisotopic (exact) mass is 471 g/mol. The van der Waals surface area contributed by atoms with Gasteiger partial charge in [0.05, 0.1) is 20.8 Å². The summed E-state index contributed by atoms with van der Waals surface area (Å²) in [5.74, 6) is 2.33. The van der Waals surface area contributed by atoms with Crippen LogP contribution in [0.15, 0.2) is 41.9 Å². The van der Waals surface area contributed by atoms with Crippen molar-refractivity contribution in [1.82, 2.24) is 10.6 Å². The first-order chi connectivity index (χ1) is 12.2. The number of benzene rings is 1. The molecule has 1 aliphatic rings. The van der Waals surface area contributed by atoms with Crippen LogP contribution in [0.4, 0.5) is 0 Å². The molecule has 144 valence electrons. The number of halogens is 1. The van der Waals surface area contributed by atoms with E-state index in [2.05, 4.69) is 42.4 Å². The second-order valence-corrected chi connectivity index (χ2v) is 5.96. The van der Waals surface area contributed by atoms with Gasteiger partial charge in [-0.15, -0.1) is 30.6 Å². The second kappa shape index (κ2) is 11.8. The molecule has 5 nitrogen and oxygen atoms in total. The fourth-order valence-electron chi connectivity index (χ4n) is 2.92. The Bertz CT molecular complexity index is 636. The van der Waals surface area contributed by atoms with Crippen molar-refractivity contribution < 1.29 is 9.47 Å². The van der Waals surface area contributed by atoms with Crippen LogP contribution in [0.25, 0.3) is 0 Å². The number of hydrogen-bond acceptors (Lipinski definition) is 3. The Morgan fingerprint density at radius 2 is 2.00 bits per heavy atom. The van der Waals surface area contributed by atoms with Crippen molar-refractivity contribution in [3.63, 3.8) is 0 Å². The summed E-state index contributed by atoms with van der Waals surface area (Å²) in [5.41, 5.74) is 2.14. The zero-order valence-electron chi connectivity index (χ0n) is 15.9. The van der Waals surface area contributed by atoms with Gasteiger partial charge in [0.15, 0.2) is 17.5 Å². The molecule has 2 rings (SSSR count). The van der Waals surface area contributed by atoms with Crippen LogP contribution < -0.4 is 20.1 Å². The Hall–Kier alpha value is -1.70. The van der Waals surface area contributed by atoms with E-state index in [1.807, 2.05) is 12.1 Å². The third-order valence-corrected chi connectivity index (χ3v) is 4.09. The second-order valence-electron chi connectivity index (χ2n) is 5.96. The highest BCUT2D eigenvalue weighted by atomic mass is 127. The van der Waals surface area contributed by atoms with Gasteiger partial charge >= 0.3 is 0 Å². The minimum absolute atomic E-state index is 0. The number of aliphatic imine (C=N–C) groups is 1. The predicted octanol–water partition coefficient (Wildman–Crippen LogP) is 3.82. The van der Waals surface area contributed by atoms with E-state index >= 15 is 0 Å². The van der Waals surface area contributed by atoms with Crippen molar-refractivity contribution in [3.05, 3.63) is 48.1 Å². The van der Waals surface area contributed by atoms with Crippen LogP contribution in [0.1, 0.15) is 30.9 Å². The normalized spacial score (nSPS) is 13.9. The van der Waals surface area contributed by atoms with Crippen molar-refractivity contribution in [2.75, 3.05) is 20.8 Å². The van der Waals surface area contributed by atoms with Gasteiger partial charge < -0.3 is 20.1 Å². The van der Waals surface area contributed by atoms with E-state index in [4.69, 9.17) is 14.5 Å². The average molecular weight is 471 g/mol. The molecule has 0 radical (unpaired) electrons. The van der Waals surface area contributed by atoms with E-state index in [-0.39, 0.29) is 24.0 Å². The maximum Gasteiger partial charge on any atom is 0.191 e. The molecule has 0 amide bonds. The van der Waals surface area contributed by atoms with Crippen LogP contribution >= 0.6 is 24.0 Å². The number of guanidine groups is 1. The predicted molar refractivity (Wildman–Crippen MR) is 119 cm³/mol. The molecule has 0 heterocycles. The highest BCUT2D eigenvalue weighted by Gasteiger charge is 2.13. The summed E-state index contributed by atoms with van der Waals surface area (Å²) in [5, 5.41) is 6.79. The molecule has 2 N–H and O–H groups in total. The third kappa shape index (κ3) is 6.23. The highest BCUT2D eigenvalue weighted by molar-refractivity contribution is 14.0. The molecule has 6 heteroatoms. The summed E-state index contributed by atoms with van der Waals surface area (Å²) < 4.78 is 11.0. The molecule has 0 fully saturated rings. The molecule has 0 bridgehead atoms. The number of hydrogen-bond donors (Lipinski definition) is 2. The molecule has 1 aromatic rings. The van der Waals surface area contributed by atoms with Gasteiger partial charge in [0.25, 0.3) is 0 Å². The van der Waals surface area contributed by atoms with Gasteiger partial charge in [0.2, 0.25) is 0 Å². The Morgan fingerprint density at radius 1 is 1.27 bits per heavy atom. The molecular weight excluding hydrogens is 441 g/mol. The quantitative estimate of drug-likeness (QED) is 0.262. The molecular formula is C20H30IN3O2. The number of ether oxygens (including phenoxy) is 2. The number of nitrogens with one attached hydrogen (secondary N) is 2. The van der Waals surface area contributed by atoms with Crippen LogP contribution in [0.5, 0.6) is 11.5 Å². The van der Waals surface area contributed by atoms with Crippen LogP contribution in [-0.4, -0.2) is 32.8 Å². The van der Waals surface area contributed by atoms with Crippen LogP contribution in [0, 0.1) is 0 Å². The van der Waals surface area contributed by atoms with Gasteiger partial charge in [-0.2, -0.15) is 0 Å². The minimum Gasteiger partial charge on any atom is -0.493 e. The molecule has 1 aromatic carbocycles. The van der Waals surface area contributed by atoms with Crippen LogP contribution in [0.3, 0.4) is 0 Å². The number of rotatable bonds is 8. The van der Waals surface area contributed by atoms with Crippen molar-refractivity contribution in [3.8, 4) is 11.5 Å². The van der Waals surface area contributed by atoms with E-state index < -0.39 is 0 Å². The summed E-state index contributed by atoms with van der Waals surface area (Å²) in [6.07, 6.45) is 9.09. The lowest BCUT2D eigenvalue weighted by molar-refractivity contribution is 0.352. The lowest BCUT2D eigenvalue weighted by atomic mass is 10.1. The fraction of sp³-hybridized carbons (Fsp3) is 0.450. The Kier molecular flexibility index (Phi) is 10.2. The Morgan fingerprint density at radius 3 is 2.58 bits per heavy atom. The van der Waals surface area contributed by atoms with Gasteiger partial charge in [0, 0.05) is 18.2 Å². The van der Waals surface area contributed by atoms with Gasteiger partial charge in [-0.3, -0.25) is 0 Å². The molecule has 1 aliphatic carbocycles. The molecule has 0 atom stereocenters.